The number of nitrogens with one attached hydrogen (secondary N) is 1. The van der Waals surface area contributed by atoms with Gasteiger partial charge in [0.2, 0.25) is 12.3 Å². The van der Waals surface area contributed by atoms with Gasteiger partial charge in [0.05, 0.1) is 0 Å². The van der Waals surface area contributed by atoms with Crippen molar-refractivity contribution in [3.05, 3.63) is 53.8 Å². The van der Waals surface area contributed by atoms with E-state index < -0.39 is 0 Å². The van der Waals surface area contributed by atoms with Gasteiger partial charge in [0.1, 0.15) is 11.6 Å². The molecule has 0 amide bonds. The minimum absolute atomic E-state index is 0.309. The van der Waals surface area contributed by atoms with E-state index in [1.165, 1.54) is 6.39 Å². The zero-order chi connectivity index (χ0) is 16.2. The monoisotopic (exact) mass is 309 g/mol. The van der Waals surface area contributed by atoms with Gasteiger partial charge in [-0.15, -0.1) is 10.2 Å². The second-order valence-corrected chi connectivity index (χ2v) is 5.70. The van der Waals surface area contributed by atoms with Gasteiger partial charge in [0, 0.05) is 29.8 Å². The molecule has 0 bridgehead atoms. The lowest BCUT2D eigenvalue weighted by Crippen LogP contribution is -2.06. The normalized spacial score (nSPS) is 11.0. The fraction of sp³-hybridized carbons (Fsp3) is 0.294. The number of hydrogen-bond donors (Lipinski definition) is 1. The van der Waals surface area contributed by atoms with Crippen LogP contribution < -0.4 is 5.32 Å². The Balaban J connectivity index is 1.69. The van der Waals surface area contributed by atoms with Gasteiger partial charge in [0.25, 0.3) is 0 Å². The highest BCUT2D eigenvalue weighted by atomic mass is 16.4. The topological polar surface area (TPSA) is 76.7 Å². The van der Waals surface area contributed by atoms with E-state index in [4.69, 9.17) is 4.42 Å². The Labute approximate surface area is 135 Å². The van der Waals surface area contributed by atoms with Crippen LogP contribution in [-0.2, 0) is 6.54 Å². The third kappa shape index (κ3) is 3.71. The molecule has 0 atom stereocenters. The van der Waals surface area contributed by atoms with Gasteiger partial charge in [-0.25, -0.2) is 9.97 Å². The van der Waals surface area contributed by atoms with E-state index in [1.807, 2.05) is 37.3 Å². The van der Waals surface area contributed by atoms with Gasteiger partial charge in [0.15, 0.2) is 0 Å². The van der Waals surface area contributed by atoms with Crippen LogP contribution >= 0.6 is 0 Å². The summed E-state index contributed by atoms with van der Waals surface area (Å²) in [6.07, 6.45) is 1.33. The van der Waals surface area contributed by atoms with E-state index in [-0.39, 0.29) is 0 Å². The molecule has 1 N–H and O–H groups in total. The summed E-state index contributed by atoms with van der Waals surface area (Å²) in [7, 11) is 0. The van der Waals surface area contributed by atoms with Crippen LogP contribution in [-0.4, -0.2) is 20.2 Å². The van der Waals surface area contributed by atoms with Crippen LogP contribution in [0.4, 0.5) is 5.82 Å². The van der Waals surface area contributed by atoms with Crippen LogP contribution in [0, 0.1) is 6.92 Å². The number of rotatable bonds is 5. The molecule has 0 aliphatic heterocycles. The van der Waals surface area contributed by atoms with Crippen molar-refractivity contribution in [1.82, 2.24) is 20.2 Å². The highest BCUT2D eigenvalue weighted by Crippen LogP contribution is 2.18. The molecule has 0 spiro atoms. The maximum atomic E-state index is 5.18. The first-order chi connectivity index (χ1) is 11.1. The second kappa shape index (κ2) is 6.56. The summed E-state index contributed by atoms with van der Waals surface area (Å²) in [6.45, 7) is 6.86. The molecule has 0 fully saturated rings. The third-order valence-electron chi connectivity index (χ3n) is 3.42. The molecule has 6 heteroatoms. The lowest BCUT2D eigenvalue weighted by atomic mass is 10.1. The third-order valence-corrected chi connectivity index (χ3v) is 3.42. The van der Waals surface area contributed by atoms with Crippen molar-refractivity contribution in [2.24, 2.45) is 0 Å². The molecule has 2 heterocycles. The number of benzene rings is 1. The smallest absolute Gasteiger partial charge is 0.247 e. The van der Waals surface area contributed by atoms with Crippen LogP contribution in [0.2, 0.25) is 0 Å². The number of aromatic nitrogens is 4. The van der Waals surface area contributed by atoms with Crippen molar-refractivity contribution in [1.29, 1.82) is 0 Å². The number of aryl methyl sites for hydroxylation is 1. The lowest BCUT2D eigenvalue weighted by molar-refractivity contribution is 0.568. The van der Waals surface area contributed by atoms with E-state index in [1.54, 1.807) is 0 Å². The van der Waals surface area contributed by atoms with Crippen molar-refractivity contribution in [2.75, 3.05) is 5.32 Å². The summed E-state index contributed by atoms with van der Waals surface area (Å²) in [6, 6.07) is 9.96. The molecule has 0 saturated heterocycles. The molecule has 1 aromatic carbocycles. The summed E-state index contributed by atoms with van der Waals surface area (Å²) < 4.78 is 5.18. The fourth-order valence-electron chi connectivity index (χ4n) is 2.20. The molecule has 0 aliphatic rings. The minimum atomic E-state index is 0.309. The molecular weight excluding hydrogens is 290 g/mol. The van der Waals surface area contributed by atoms with Crippen LogP contribution in [0.5, 0.6) is 0 Å². The number of anilines is 1. The Kier molecular flexibility index (Phi) is 4.32. The van der Waals surface area contributed by atoms with E-state index in [9.17, 15) is 0 Å². The number of hydrogen-bond acceptors (Lipinski definition) is 6. The molecule has 0 radical (unpaired) electrons. The summed E-state index contributed by atoms with van der Waals surface area (Å²) in [5, 5.41) is 10.9. The van der Waals surface area contributed by atoms with E-state index in [0.29, 0.717) is 18.4 Å². The summed E-state index contributed by atoms with van der Waals surface area (Å²) >= 11 is 0. The van der Waals surface area contributed by atoms with Crippen LogP contribution in [0.1, 0.15) is 36.8 Å². The first kappa shape index (κ1) is 15.1. The fourth-order valence-corrected chi connectivity index (χ4v) is 2.20. The van der Waals surface area contributed by atoms with Crippen molar-refractivity contribution >= 4 is 5.82 Å². The Morgan fingerprint density at radius 2 is 1.91 bits per heavy atom. The maximum absolute atomic E-state index is 5.18. The van der Waals surface area contributed by atoms with Crippen molar-refractivity contribution in [3.8, 4) is 11.5 Å². The van der Waals surface area contributed by atoms with E-state index in [0.717, 1.165) is 28.5 Å². The largest absolute Gasteiger partial charge is 0.423 e. The van der Waals surface area contributed by atoms with Gasteiger partial charge in [-0.1, -0.05) is 26.0 Å². The Bertz CT molecular complexity index is 766. The van der Waals surface area contributed by atoms with Crippen LogP contribution in [0.15, 0.2) is 41.1 Å². The van der Waals surface area contributed by atoms with Gasteiger partial charge < -0.3 is 9.73 Å². The molecular formula is C17H19N5O. The standard InChI is InChI=1S/C17H19N5O/c1-11(2)16-20-12(3)8-15(21-16)18-9-13-4-6-14(7-5-13)17-22-19-10-23-17/h4-8,10-11H,9H2,1-3H3,(H,18,20,21). The molecule has 0 unspecified atom stereocenters. The molecule has 6 nitrogen and oxygen atoms in total. The maximum Gasteiger partial charge on any atom is 0.247 e. The highest BCUT2D eigenvalue weighted by Gasteiger charge is 2.07. The Morgan fingerprint density at radius 1 is 1.13 bits per heavy atom. The van der Waals surface area contributed by atoms with Crippen molar-refractivity contribution in [3.63, 3.8) is 0 Å². The Hall–Kier alpha value is -2.76. The average Bonchev–Trinajstić information content (AvgIpc) is 3.07. The molecule has 0 aliphatic carbocycles. The summed E-state index contributed by atoms with van der Waals surface area (Å²) in [4.78, 5) is 9.00. The Morgan fingerprint density at radius 3 is 2.57 bits per heavy atom. The van der Waals surface area contributed by atoms with E-state index >= 15 is 0 Å². The summed E-state index contributed by atoms with van der Waals surface area (Å²) in [5.41, 5.74) is 3.03. The predicted molar refractivity (Wildman–Crippen MR) is 87.9 cm³/mol. The van der Waals surface area contributed by atoms with Gasteiger partial charge in [-0.3, -0.25) is 0 Å². The van der Waals surface area contributed by atoms with Crippen LogP contribution in [0.25, 0.3) is 11.5 Å². The van der Waals surface area contributed by atoms with E-state index in [2.05, 4.69) is 39.3 Å². The first-order valence-electron chi connectivity index (χ1n) is 7.57. The summed E-state index contributed by atoms with van der Waals surface area (Å²) in [5.74, 6) is 2.54. The van der Waals surface area contributed by atoms with Gasteiger partial charge in [-0.2, -0.15) is 0 Å². The quantitative estimate of drug-likeness (QED) is 0.776. The minimum Gasteiger partial charge on any atom is -0.423 e. The highest BCUT2D eigenvalue weighted by molar-refractivity contribution is 5.53. The zero-order valence-electron chi connectivity index (χ0n) is 13.4. The second-order valence-electron chi connectivity index (χ2n) is 5.70. The zero-order valence-corrected chi connectivity index (χ0v) is 13.4. The molecule has 3 rings (SSSR count). The average molecular weight is 309 g/mol. The molecule has 3 aromatic rings. The van der Waals surface area contributed by atoms with Crippen molar-refractivity contribution in [2.45, 2.75) is 33.2 Å². The van der Waals surface area contributed by atoms with Crippen molar-refractivity contribution < 1.29 is 4.42 Å². The molecule has 23 heavy (non-hydrogen) atoms. The molecule has 0 saturated carbocycles. The van der Waals surface area contributed by atoms with Gasteiger partial charge >= 0.3 is 0 Å². The SMILES string of the molecule is Cc1cc(NCc2ccc(-c3nnco3)cc2)nc(C(C)C)n1. The van der Waals surface area contributed by atoms with Gasteiger partial charge in [-0.05, 0) is 24.6 Å². The number of nitrogens with zero attached hydrogens (tertiary/aromatic N) is 4. The molecule has 2 aromatic heterocycles. The predicted octanol–water partition coefficient (Wildman–Crippen LogP) is 3.57. The first-order valence-corrected chi connectivity index (χ1v) is 7.57. The molecule has 118 valence electrons. The lowest BCUT2D eigenvalue weighted by Gasteiger charge is -2.10. The van der Waals surface area contributed by atoms with Crippen LogP contribution in [0.3, 0.4) is 0 Å².